The van der Waals surface area contributed by atoms with Crippen LogP contribution in [0.1, 0.15) is 11.9 Å². The maximum Gasteiger partial charge on any atom is 0.401 e. The van der Waals surface area contributed by atoms with Crippen LogP contribution in [0.25, 0.3) is 0 Å². The Morgan fingerprint density at radius 1 is 1.70 bits per heavy atom. The molecule has 1 heterocycles. The standard InChI is InChI=1S/C7H7NO2.H/c1-8-5-3-2-4-6(8)7(9)10;/h2-5H,1H3;/p+1/i;1+1. The number of carbonyl (C=O) groups is 1. The SMILES string of the molecule is C[n+]1ccccc1C(=O)O.[2H]. The van der Waals surface area contributed by atoms with E-state index in [1.807, 2.05) is 0 Å². The minimum atomic E-state index is -0.900. The van der Waals surface area contributed by atoms with Crippen LogP contribution in [0, 0.1) is 0 Å². The molecule has 0 saturated carbocycles. The molecule has 0 bridgehead atoms. The molecule has 53 valence electrons. The zero-order valence-corrected chi connectivity index (χ0v) is 5.61. The molecule has 0 aliphatic carbocycles. The van der Waals surface area contributed by atoms with Crippen molar-refractivity contribution in [3.05, 3.63) is 30.1 Å². The number of pyridine rings is 1. The molecule has 1 radical (unpaired) electrons. The summed E-state index contributed by atoms with van der Waals surface area (Å²) in [5, 5.41) is 8.54. The lowest BCUT2D eigenvalue weighted by atomic mass is 10.3. The number of aryl methyl sites for hydroxylation is 1. The van der Waals surface area contributed by atoms with Crippen LogP contribution in [0.4, 0.5) is 0 Å². The third kappa shape index (κ3) is 1.13. The molecule has 0 spiro atoms. The van der Waals surface area contributed by atoms with Gasteiger partial charge in [0.2, 0.25) is 0 Å². The van der Waals surface area contributed by atoms with Crippen LogP contribution in [0.3, 0.4) is 0 Å². The lowest BCUT2D eigenvalue weighted by molar-refractivity contribution is -0.674. The second-order valence-corrected chi connectivity index (χ2v) is 2.00. The zero-order valence-electron chi connectivity index (χ0n) is 6.61. The molecule has 0 fully saturated rings. The van der Waals surface area contributed by atoms with Gasteiger partial charge < -0.3 is 5.11 Å². The Balaban J connectivity index is 0.000001000. The minimum absolute atomic E-state index is 0. The van der Waals surface area contributed by atoms with Gasteiger partial charge in [-0.2, -0.15) is 4.57 Å². The van der Waals surface area contributed by atoms with Gasteiger partial charge in [0.15, 0.2) is 6.20 Å². The molecule has 0 amide bonds. The van der Waals surface area contributed by atoms with Crippen LogP contribution in [0.2, 0.25) is 0 Å². The highest BCUT2D eigenvalue weighted by Gasteiger charge is 2.11. The lowest BCUT2D eigenvalue weighted by Gasteiger charge is -1.90. The molecule has 0 unspecified atom stereocenters. The fraction of sp³-hybridized carbons (Fsp3) is 0.143. The molecular formula is C7H9NO2+. The average molecular weight is 140 g/mol. The van der Waals surface area contributed by atoms with E-state index in [1.165, 1.54) is 0 Å². The number of aromatic nitrogens is 1. The highest BCUT2D eigenvalue weighted by molar-refractivity contribution is 5.83. The van der Waals surface area contributed by atoms with Crippen molar-refractivity contribution in [1.29, 1.82) is 0 Å². The maximum atomic E-state index is 10.4. The Kier molecular flexibility index (Phi) is 1.67. The smallest absolute Gasteiger partial charge is 0.401 e. The number of carboxylic acids is 1. The van der Waals surface area contributed by atoms with Gasteiger partial charge in [-0.3, -0.25) is 0 Å². The van der Waals surface area contributed by atoms with Crippen LogP contribution in [-0.2, 0) is 7.05 Å². The van der Waals surface area contributed by atoms with E-state index in [2.05, 4.69) is 0 Å². The molecule has 0 aliphatic rings. The maximum absolute atomic E-state index is 10.4. The van der Waals surface area contributed by atoms with E-state index >= 15 is 0 Å². The van der Waals surface area contributed by atoms with Crippen molar-refractivity contribution < 1.29 is 15.9 Å². The molecule has 1 N–H and O–H groups in total. The molecule has 1 aromatic heterocycles. The largest absolute Gasteiger partial charge is 0.473 e. The first-order chi connectivity index (χ1) is 4.72. The van der Waals surface area contributed by atoms with E-state index in [9.17, 15) is 4.79 Å². The van der Waals surface area contributed by atoms with E-state index in [-0.39, 0.29) is 1.43 Å². The topological polar surface area (TPSA) is 41.2 Å². The van der Waals surface area contributed by atoms with Gasteiger partial charge in [-0.1, -0.05) is 0 Å². The number of rotatable bonds is 1. The first-order valence-electron chi connectivity index (χ1n) is 2.90. The summed E-state index contributed by atoms with van der Waals surface area (Å²) in [6.45, 7) is 0. The average Bonchev–Trinajstić information content (AvgIpc) is 1.88. The fourth-order valence-corrected chi connectivity index (χ4v) is 0.746. The Morgan fingerprint density at radius 3 is 2.80 bits per heavy atom. The van der Waals surface area contributed by atoms with Crippen molar-refractivity contribution >= 4 is 5.97 Å². The summed E-state index contributed by atoms with van der Waals surface area (Å²) < 4.78 is 1.56. The Bertz CT molecular complexity index is 262. The van der Waals surface area contributed by atoms with Gasteiger partial charge in [0.05, 0.1) is 0 Å². The summed E-state index contributed by atoms with van der Waals surface area (Å²) in [5.41, 5.74) is 0.294. The molecule has 1 rings (SSSR count). The second kappa shape index (κ2) is 2.47. The number of hydrogen-bond donors (Lipinski definition) is 1. The first-order valence-corrected chi connectivity index (χ1v) is 2.90. The van der Waals surface area contributed by atoms with Crippen LogP contribution in [0.15, 0.2) is 24.4 Å². The minimum Gasteiger partial charge on any atom is -0.473 e. The molecule has 3 heteroatoms. The van der Waals surface area contributed by atoms with E-state index < -0.39 is 5.97 Å². The first kappa shape index (κ1) is 6.74. The predicted octanol–water partition coefficient (Wildman–Crippen LogP) is 0.322. The summed E-state index contributed by atoms with van der Waals surface area (Å²) in [6.07, 6.45) is 1.70. The third-order valence-electron chi connectivity index (χ3n) is 1.27. The molecule has 0 saturated heterocycles. The van der Waals surface area contributed by atoms with Gasteiger partial charge in [0.1, 0.15) is 7.05 Å². The van der Waals surface area contributed by atoms with Gasteiger partial charge in [0.25, 0.3) is 5.69 Å². The molecule has 0 aromatic carbocycles. The van der Waals surface area contributed by atoms with Gasteiger partial charge in [-0.15, -0.1) is 0 Å². The van der Waals surface area contributed by atoms with Crippen molar-refractivity contribution in [1.82, 2.24) is 0 Å². The van der Waals surface area contributed by atoms with Crippen molar-refractivity contribution in [3.63, 3.8) is 0 Å². The van der Waals surface area contributed by atoms with Crippen LogP contribution in [-0.4, -0.2) is 11.1 Å². The summed E-state index contributed by atoms with van der Waals surface area (Å²) in [7, 11) is 1.70. The van der Waals surface area contributed by atoms with Gasteiger partial charge in [-0.05, 0) is 6.07 Å². The summed E-state index contributed by atoms with van der Waals surface area (Å²) >= 11 is 0. The number of nitrogens with zero attached hydrogens (tertiary/aromatic N) is 1. The fourth-order valence-electron chi connectivity index (χ4n) is 0.746. The van der Waals surface area contributed by atoms with E-state index in [0.29, 0.717) is 5.69 Å². The Morgan fingerprint density at radius 2 is 2.40 bits per heavy atom. The summed E-state index contributed by atoms with van der Waals surface area (Å²) in [5.74, 6) is -0.900. The van der Waals surface area contributed by atoms with Crippen LogP contribution in [0.5, 0.6) is 0 Å². The monoisotopic (exact) mass is 140 g/mol. The molecule has 0 atom stereocenters. The molecule has 3 nitrogen and oxygen atoms in total. The highest BCUT2D eigenvalue weighted by atomic mass is 16.4. The van der Waals surface area contributed by atoms with Crippen molar-refractivity contribution in [3.8, 4) is 0 Å². The number of carboxylic acid groups (broad SMARTS) is 1. The number of aromatic carboxylic acids is 1. The van der Waals surface area contributed by atoms with Gasteiger partial charge in [0, 0.05) is 13.6 Å². The summed E-state index contributed by atoms with van der Waals surface area (Å²) in [4.78, 5) is 10.4. The van der Waals surface area contributed by atoms with Gasteiger partial charge in [-0.25, -0.2) is 4.79 Å². The van der Waals surface area contributed by atoms with Crippen molar-refractivity contribution in [2.45, 2.75) is 0 Å². The molecule has 10 heavy (non-hydrogen) atoms. The number of hydrogen-bond acceptors (Lipinski definition) is 1. The predicted molar refractivity (Wildman–Crippen MR) is 35.7 cm³/mol. The normalized spacial score (nSPS) is 9.30. The molecular weight excluding hydrogens is 130 g/mol. The Labute approximate surface area is 60.0 Å². The van der Waals surface area contributed by atoms with E-state index in [4.69, 9.17) is 5.11 Å². The second-order valence-electron chi connectivity index (χ2n) is 2.00. The third-order valence-corrected chi connectivity index (χ3v) is 1.27. The molecule has 1 aromatic rings. The summed E-state index contributed by atoms with van der Waals surface area (Å²) in [6, 6.07) is 5.04. The van der Waals surface area contributed by atoms with Crippen LogP contribution >= 0.6 is 0 Å². The van der Waals surface area contributed by atoms with E-state index in [0.717, 1.165) is 0 Å². The Hall–Kier alpha value is -1.38. The highest BCUT2D eigenvalue weighted by Crippen LogP contribution is 1.88. The van der Waals surface area contributed by atoms with E-state index in [1.54, 1.807) is 36.0 Å². The van der Waals surface area contributed by atoms with Crippen molar-refractivity contribution in [2.24, 2.45) is 7.05 Å². The zero-order chi connectivity index (χ0) is 7.56. The van der Waals surface area contributed by atoms with Crippen LogP contribution < -0.4 is 4.57 Å². The van der Waals surface area contributed by atoms with Gasteiger partial charge >= 0.3 is 5.97 Å². The van der Waals surface area contributed by atoms with Crippen molar-refractivity contribution in [2.75, 3.05) is 0 Å². The quantitative estimate of drug-likeness (QED) is 0.571. The lowest BCUT2D eigenvalue weighted by Crippen LogP contribution is -2.35. The molecule has 0 aliphatic heterocycles.